The zero-order valence-electron chi connectivity index (χ0n) is 11.8. The quantitative estimate of drug-likeness (QED) is 0.768. The predicted octanol–water partition coefficient (Wildman–Crippen LogP) is 5.47. The van der Waals surface area contributed by atoms with Crippen LogP contribution in [-0.4, -0.2) is 6.54 Å². The van der Waals surface area contributed by atoms with Gasteiger partial charge in [-0.25, -0.2) is 0 Å². The highest BCUT2D eigenvalue weighted by Crippen LogP contribution is 2.47. The zero-order chi connectivity index (χ0) is 14.3. The van der Waals surface area contributed by atoms with Crippen LogP contribution in [0.3, 0.4) is 0 Å². The topological polar surface area (TPSA) is 25.2 Å². The van der Waals surface area contributed by atoms with Gasteiger partial charge >= 0.3 is 0 Å². The molecule has 1 saturated carbocycles. The fourth-order valence-corrected chi connectivity index (χ4v) is 3.47. The van der Waals surface area contributed by atoms with Crippen molar-refractivity contribution in [3.63, 3.8) is 0 Å². The molecule has 3 rings (SSSR count). The maximum absolute atomic E-state index is 6.31. The van der Waals surface area contributed by atoms with E-state index < -0.39 is 0 Å². The van der Waals surface area contributed by atoms with Gasteiger partial charge in [0.2, 0.25) is 0 Å². The summed E-state index contributed by atoms with van der Waals surface area (Å²) >= 11 is 9.84. The Morgan fingerprint density at radius 1 is 1.40 bits per heavy atom. The number of rotatable bonds is 5. The maximum atomic E-state index is 6.31. The summed E-state index contributed by atoms with van der Waals surface area (Å²) in [4.78, 5) is 0. The molecule has 0 aliphatic heterocycles. The largest absolute Gasteiger partial charge is 0.458 e. The van der Waals surface area contributed by atoms with Gasteiger partial charge in [0.1, 0.15) is 5.76 Å². The van der Waals surface area contributed by atoms with E-state index in [1.165, 1.54) is 23.8 Å². The molecule has 0 spiro atoms. The number of furan rings is 1. The van der Waals surface area contributed by atoms with E-state index in [0.717, 1.165) is 28.9 Å². The molecule has 4 heteroatoms. The summed E-state index contributed by atoms with van der Waals surface area (Å²) in [5.74, 6) is 2.35. The van der Waals surface area contributed by atoms with Crippen molar-refractivity contribution in [3.8, 4) is 0 Å². The SMILES string of the molecule is CC(C)CNCc1oc2c(Cl)cc(Br)cc2c1C1CC1. The lowest BCUT2D eigenvalue weighted by atomic mass is 10.1. The molecule has 0 unspecified atom stereocenters. The van der Waals surface area contributed by atoms with Gasteiger partial charge in [-0.05, 0) is 43.4 Å². The molecule has 2 aromatic rings. The molecule has 1 fully saturated rings. The first kappa shape index (κ1) is 14.4. The van der Waals surface area contributed by atoms with Crippen LogP contribution >= 0.6 is 27.5 Å². The minimum Gasteiger partial charge on any atom is -0.458 e. The highest BCUT2D eigenvalue weighted by molar-refractivity contribution is 9.10. The van der Waals surface area contributed by atoms with E-state index in [-0.39, 0.29) is 0 Å². The Hall–Kier alpha value is -0.510. The molecule has 0 atom stereocenters. The molecule has 0 amide bonds. The fraction of sp³-hybridized carbons (Fsp3) is 0.500. The van der Waals surface area contributed by atoms with Crippen LogP contribution in [0.5, 0.6) is 0 Å². The Kier molecular flexibility index (Phi) is 4.11. The van der Waals surface area contributed by atoms with Crippen molar-refractivity contribution in [2.75, 3.05) is 6.54 Å². The number of hydrogen-bond acceptors (Lipinski definition) is 2. The van der Waals surface area contributed by atoms with E-state index in [4.69, 9.17) is 16.0 Å². The smallest absolute Gasteiger partial charge is 0.153 e. The van der Waals surface area contributed by atoms with Gasteiger partial charge < -0.3 is 9.73 Å². The molecule has 0 bridgehead atoms. The molecule has 108 valence electrons. The molecular weight excluding hydrogens is 338 g/mol. The number of fused-ring (bicyclic) bond motifs is 1. The average molecular weight is 357 g/mol. The summed E-state index contributed by atoms with van der Waals surface area (Å²) in [7, 11) is 0. The van der Waals surface area contributed by atoms with Crippen molar-refractivity contribution in [1.29, 1.82) is 0 Å². The first-order chi connectivity index (χ1) is 9.56. The summed E-state index contributed by atoms with van der Waals surface area (Å²) < 4.78 is 7.07. The van der Waals surface area contributed by atoms with E-state index in [9.17, 15) is 0 Å². The third kappa shape index (κ3) is 2.90. The highest BCUT2D eigenvalue weighted by atomic mass is 79.9. The molecule has 1 aromatic heterocycles. The van der Waals surface area contributed by atoms with E-state index in [1.807, 2.05) is 6.07 Å². The lowest BCUT2D eigenvalue weighted by Crippen LogP contribution is -2.19. The first-order valence-corrected chi connectivity index (χ1v) is 8.34. The monoisotopic (exact) mass is 355 g/mol. The minimum absolute atomic E-state index is 0.640. The number of nitrogens with one attached hydrogen (secondary N) is 1. The predicted molar refractivity (Wildman–Crippen MR) is 87.4 cm³/mol. The first-order valence-electron chi connectivity index (χ1n) is 7.17. The van der Waals surface area contributed by atoms with Crippen LogP contribution in [0, 0.1) is 5.92 Å². The molecule has 1 aromatic carbocycles. The van der Waals surface area contributed by atoms with Gasteiger partial charge in [0.25, 0.3) is 0 Å². The number of halogens is 2. The molecule has 0 radical (unpaired) electrons. The molecule has 1 N–H and O–H groups in total. The second-order valence-corrected chi connectivity index (χ2v) is 7.33. The van der Waals surface area contributed by atoms with E-state index in [2.05, 4.69) is 41.2 Å². The van der Waals surface area contributed by atoms with Gasteiger partial charge in [0.15, 0.2) is 5.58 Å². The van der Waals surface area contributed by atoms with Crippen molar-refractivity contribution < 1.29 is 4.42 Å². The van der Waals surface area contributed by atoms with Gasteiger partial charge in [-0.1, -0.05) is 41.4 Å². The van der Waals surface area contributed by atoms with Gasteiger partial charge in [-0.15, -0.1) is 0 Å². The van der Waals surface area contributed by atoms with Gasteiger partial charge in [0, 0.05) is 15.4 Å². The molecule has 0 saturated heterocycles. The van der Waals surface area contributed by atoms with Crippen molar-refractivity contribution in [2.24, 2.45) is 5.92 Å². The summed E-state index contributed by atoms with van der Waals surface area (Å²) in [6.45, 7) is 6.20. The van der Waals surface area contributed by atoms with Crippen molar-refractivity contribution in [3.05, 3.63) is 33.0 Å². The van der Waals surface area contributed by atoms with Crippen molar-refractivity contribution in [1.82, 2.24) is 5.32 Å². The number of benzene rings is 1. The summed E-state index contributed by atoms with van der Waals surface area (Å²) in [5, 5.41) is 5.33. The van der Waals surface area contributed by atoms with Crippen LogP contribution in [0.25, 0.3) is 11.0 Å². The second-order valence-electron chi connectivity index (χ2n) is 6.00. The zero-order valence-corrected chi connectivity index (χ0v) is 14.1. The second kappa shape index (κ2) is 5.70. The fourth-order valence-electron chi connectivity index (χ4n) is 2.62. The maximum Gasteiger partial charge on any atom is 0.153 e. The van der Waals surface area contributed by atoms with Crippen LogP contribution in [0.15, 0.2) is 21.0 Å². The minimum atomic E-state index is 0.640. The molecule has 2 nitrogen and oxygen atoms in total. The highest BCUT2D eigenvalue weighted by Gasteiger charge is 2.31. The lowest BCUT2D eigenvalue weighted by Gasteiger charge is -2.06. The Bertz CT molecular complexity index is 631. The summed E-state index contributed by atoms with van der Waals surface area (Å²) in [6.07, 6.45) is 2.52. The van der Waals surface area contributed by atoms with Gasteiger partial charge in [0.05, 0.1) is 11.6 Å². The molecule has 1 heterocycles. The average Bonchev–Trinajstić information content (AvgIpc) is 3.12. The Morgan fingerprint density at radius 2 is 2.15 bits per heavy atom. The van der Waals surface area contributed by atoms with Crippen LogP contribution in [-0.2, 0) is 6.54 Å². The van der Waals surface area contributed by atoms with E-state index >= 15 is 0 Å². The standard InChI is InChI=1S/C16H19BrClNO/c1-9(2)7-19-8-14-15(10-3-4-10)12-5-11(17)6-13(18)16(12)20-14/h5-6,9-10,19H,3-4,7-8H2,1-2H3. The Balaban J connectivity index is 1.98. The third-order valence-electron chi connectivity index (χ3n) is 3.65. The molecule has 20 heavy (non-hydrogen) atoms. The number of hydrogen-bond donors (Lipinski definition) is 1. The van der Waals surface area contributed by atoms with Crippen LogP contribution < -0.4 is 5.32 Å². The van der Waals surface area contributed by atoms with Crippen LogP contribution in [0.4, 0.5) is 0 Å². The summed E-state index contributed by atoms with van der Waals surface area (Å²) in [5.41, 5.74) is 2.19. The lowest BCUT2D eigenvalue weighted by molar-refractivity contribution is 0.481. The van der Waals surface area contributed by atoms with Crippen molar-refractivity contribution in [2.45, 2.75) is 39.2 Å². The van der Waals surface area contributed by atoms with E-state index in [1.54, 1.807) is 0 Å². The molecule has 1 aliphatic rings. The Morgan fingerprint density at radius 3 is 2.80 bits per heavy atom. The normalized spacial score (nSPS) is 15.4. The van der Waals surface area contributed by atoms with Crippen molar-refractivity contribution >= 4 is 38.5 Å². The van der Waals surface area contributed by atoms with Crippen LogP contribution in [0.2, 0.25) is 5.02 Å². The third-order valence-corrected chi connectivity index (χ3v) is 4.39. The van der Waals surface area contributed by atoms with E-state index in [0.29, 0.717) is 16.9 Å². The molecule has 1 aliphatic carbocycles. The van der Waals surface area contributed by atoms with Gasteiger partial charge in [-0.3, -0.25) is 0 Å². The molecular formula is C16H19BrClNO. The van der Waals surface area contributed by atoms with Crippen LogP contribution in [0.1, 0.15) is 43.9 Å². The Labute approximate surface area is 133 Å². The van der Waals surface area contributed by atoms with Gasteiger partial charge in [-0.2, -0.15) is 0 Å². The summed E-state index contributed by atoms with van der Waals surface area (Å²) in [6, 6.07) is 4.03.